The highest BCUT2D eigenvalue weighted by molar-refractivity contribution is 5.94. The van der Waals surface area contributed by atoms with Crippen molar-refractivity contribution in [3.05, 3.63) is 36.2 Å². The Balaban J connectivity index is 2.44. The van der Waals surface area contributed by atoms with Gasteiger partial charge in [0.1, 0.15) is 11.3 Å². The van der Waals surface area contributed by atoms with Gasteiger partial charge in [0.2, 0.25) is 0 Å². The zero-order valence-electron chi connectivity index (χ0n) is 11.8. The molecule has 1 heterocycles. The maximum Gasteiger partial charge on any atom is 0.339 e. The van der Waals surface area contributed by atoms with E-state index in [9.17, 15) is 9.90 Å². The van der Waals surface area contributed by atoms with Crippen LogP contribution in [0.5, 0.6) is 5.75 Å². The Morgan fingerprint density at radius 2 is 2.20 bits per heavy atom. The summed E-state index contributed by atoms with van der Waals surface area (Å²) < 4.78 is 7.12. The number of hydrogen-bond donors (Lipinski definition) is 1. The normalized spacial score (nSPS) is 10.8. The third-order valence-corrected chi connectivity index (χ3v) is 2.95. The molecule has 0 saturated carbocycles. The van der Waals surface area contributed by atoms with E-state index in [1.165, 1.54) is 13.2 Å². The van der Waals surface area contributed by atoms with Gasteiger partial charge in [-0.25, -0.2) is 4.79 Å². The van der Waals surface area contributed by atoms with E-state index >= 15 is 0 Å². The molecule has 0 bridgehead atoms. The number of carboxylic acids is 1. The first kappa shape index (κ1) is 14.1. The second-order valence-electron chi connectivity index (χ2n) is 5.04. The fourth-order valence-electron chi connectivity index (χ4n) is 2.13. The van der Waals surface area contributed by atoms with Crippen LogP contribution in [0.2, 0.25) is 0 Å². The van der Waals surface area contributed by atoms with Gasteiger partial charge in [0.25, 0.3) is 0 Å². The molecule has 0 aliphatic rings. The summed E-state index contributed by atoms with van der Waals surface area (Å²) in [4.78, 5) is 11.2. The Morgan fingerprint density at radius 3 is 2.80 bits per heavy atom. The standard InChI is InChI=1S/C15H18N2O3/c1-10(2)8-17-9-11(7-16-17)12-5-4-6-13(15(18)19)14(12)20-3/h4-7,9-10H,8H2,1-3H3,(H,18,19). The minimum Gasteiger partial charge on any atom is -0.495 e. The lowest BCUT2D eigenvalue weighted by Gasteiger charge is -2.09. The van der Waals surface area contributed by atoms with Crippen molar-refractivity contribution in [3.8, 4) is 16.9 Å². The number of rotatable bonds is 5. The zero-order valence-corrected chi connectivity index (χ0v) is 11.8. The van der Waals surface area contributed by atoms with Crippen molar-refractivity contribution in [1.82, 2.24) is 9.78 Å². The maximum atomic E-state index is 11.2. The van der Waals surface area contributed by atoms with Crippen molar-refractivity contribution in [2.45, 2.75) is 20.4 Å². The molecule has 0 aliphatic heterocycles. The molecule has 106 valence electrons. The van der Waals surface area contributed by atoms with E-state index in [0.29, 0.717) is 11.7 Å². The summed E-state index contributed by atoms with van der Waals surface area (Å²) in [5.74, 6) is -0.141. The number of para-hydroxylation sites is 1. The largest absolute Gasteiger partial charge is 0.495 e. The van der Waals surface area contributed by atoms with E-state index < -0.39 is 5.97 Å². The molecule has 5 nitrogen and oxygen atoms in total. The zero-order chi connectivity index (χ0) is 14.7. The molecule has 1 aromatic carbocycles. The summed E-state index contributed by atoms with van der Waals surface area (Å²) in [5, 5.41) is 13.5. The minimum absolute atomic E-state index is 0.154. The number of nitrogens with zero attached hydrogens (tertiary/aromatic N) is 2. The van der Waals surface area contributed by atoms with Crippen LogP contribution in [0.15, 0.2) is 30.6 Å². The summed E-state index contributed by atoms with van der Waals surface area (Å²) >= 11 is 0. The van der Waals surface area contributed by atoms with Crippen molar-refractivity contribution in [2.24, 2.45) is 5.92 Å². The first-order chi connectivity index (χ1) is 9.52. The lowest BCUT2D eigenvalue weighted by Crippen LogP contribution is -2.04. The molecule has 2 rings (SSSR count). The third kappa shape index (κ3) is 2.82. The molecule has 0 spiro atoms. The number of hydrogen-bond acceptors (Lipinski definition) is 3. The van der Waals surface area contributed by atoms with E-state index in [4.69, 9.17) is 4.74 Å². The van der Waals surface area contributed by atoms with E-state index in [0.717, 1.165) is 17.7 Å². The van der Waals surface area contributed by atoms with Crippen LogP contribution in [0.25, 0.3) is 11.1 Å². The Hall–Kier alpha value is -2.30. The number of carboxylic acid groups (broad SMARTS) is 1. The van der Waals surface area contributed by atoms with Gasteiger partial charge in [-0.3, -0.25) is 4.68 Å². The molecule has 0 saturated heterocycles. The molecule has 0 atom stereocenters. The first-order valence-electron chi connectivity index (χ1n) is 6.46. The van der Waals surface area contributed by atoms with E-state index in [2.05, 4.69) is 18.9 Å². The summed E-state index contributed by atoms with van der Waals surface area (Å²) in [6.07, 6.45) is 3.63. The average molecular weight is 274 g/mol. The monoisotopic (exact) mass is 274 g/mol. The summed E-state index contributed by atoms with van der Waals surface area (Å²) in [5.41, 5.74) is 1.75. The second kappa shape index (κ2) is 5.77. The fraction of sp³-hybridized carbons (Fsp3) is 0.333. The third-order valence-electron chi connectivity index (χ3n) is 2.95. The predicted molar refractivity (Wildman–Crippen MR) is 76.0 cm³/mol. The van der Waals surface area contributed by atoms with E-state index in [1.54, 1.807) is 12.3 Å². The van der Waals surface area contributed by atoms with Crippen LogP contribution in [0.1, 0.15) is 24.2 Å². The van der Waals surface area contributed by atoms with E-state index in [-0.39, 0.29) is 5.56 Å². The Labute approximate surface area is 117 Å². The van der Waals surface area contributed by atoms with Gasteiger partial charge in [-0.1, -0.05) is 26.0 Å². The quantitative estimate of drug-likeness (QED) is 0.910. The van der Waals surface area contributed by atoms with Gasteiger partial charge in [-0.15, -0.1) is 0 Å². The molecule has 1 aromatic heterocycles. The molecule has 20 heavy (non-hydrogen) atoms. The number of methoxy groups -OCH3 is 1. The average Bonchev–Trinajstić information content (AvgIpc) is 2.85. The summed E-state index contributed by atoms with van der Waals surface area (Å²) in [6.45, 7) is 5.06. The number of ether oxygens (including phenoxy) is 1. The van der Waals surface area contributed by atoms with Crippen LogP contribution in [-0.4, -0.2) is 28.0 Å². The fourth-order valence-corrected chi connectivity index (χ4v) is 2.13. The Morgan fingerprint density at radius 1 is 1.45 bits per heavy atom. The lowest BCUT2D eigenvalue weighted by molar-refractivity contribution is 0.0693. The van der Waals surface area contributed by atoms with Crippen molar-refractivity contribution in [1.29, 1.82) is 0 Å². The minimum atomic E-state index is -1.00. The highest BCUT2D eigenvalue weighted by Crippen LogP contribution is 2.32. The summed E-state index contributed by atoms with van der Waals surface area (Å²) in [6, 6.07) is 5.08. The molecule has 0 fully saturated rings. The Kier molecular flexibility index (Phi) is 4.08. The molecule has 2 aromatic rings. The smallest absolute Gasteiger partial charge is 0.339 e. The Bertz CT molecular complexity index is 617. The molecule has 1 N–H and O–H groups in total. The predicted octanol–water partition coefficient (Wildman–Crippen LogP) is 2.91. The van der Waals surface area contributed by atoms with Gasteiger partial charge in [-0.2, -0.15) is 5.10 Å². The van der Waals surface area contributed by atoms with Crippen molar-refractivity contribution < 1.29 is 14.6 Å². The maximum absolute atomic E-state index is 11.2. The summed E-state index contributed by atoms with van der Waals surface area (Å²) in [7, 11) is 1.48. The molecule has 0 aliphatic carbocycles. The van der Waals surface area contributed by atoms with Crippen molar-refractivity contribution in [3.63, 3.8) is 0 Å². The van der Waals surface area contributed by atoms with Gasteiger partial charge >= 0.3 is 5.97 Å². The van der Waals surface area contributed by atoms with Crippen molar-refractivity contribution >= 4 is 5.97 Å². The van der Waals surface area contributed by atoms with Gasteiger partial charge in [0.05, 0.1) is 13.3 Å². The molecule has 5 heteroatoms. The van der Waals surface area contributed by atoms with Crippen LogP contribution in [0.4, 0.5) is 0 Å². The first-order valence-corrected chi connectivity index (χ1v) is 6.46. The number of benzene rings is 1. The number of carbonyl (C=O) groups is 1. The van der Waals surface area contributed by atoms with Crippen LogP contribution < -0.4 is 4.74 Å². The molecular formula is C15H18N2O3. The van der Waals surface area contributed by atoms with Crippen molar-refractivity contribution in [2.75, 3.05) is 7.11 Å². The highest BCUT2D eigenvalue weighted by Gasteiger charge is 2.16. The van der Waals surface area contributed by atoms with Crippen LogP contribution in [0.3, 0.4) is 0 Å². The van der Waals surface area contributed by atoms with Gasteiger partial charge in [0, 0.05) is 23.9 Å². The molecule has 0 radical (unpaired) electrons. The van der Waals surface area contributed by atoms with Crippen LogP contribution in [0, 0.1) is 5.92 Å². The molecular weight excluding hydrogens is 256 g/mol. The second-order valence-corrected chi connectivity index (χ2v) is 5.04. The SMILES string of the molecule is COc1c(C(=O)O)cccc1-c1cnn(CC(C)C)c1. The molecule has 0 amide bonds. The lowest BCUT2D eigenvalue weighted by atomic mass is 10.0. The van der Waals surface area contributed by atoms with E-state index in [1.807, 2.05) is 16.9 Å². The van der Waals surface area contributed by atoms with Crippen LogP contribution >= 0.6 is 0 Å². The van der Waals surface area contributed by atoms with Gasteiger partial charge < -0.3 is 9.84 Å². The molecule has 0 unspecified atom stereocenters. The van der Waals surface area contributed by atoms with Crippen LogP contribution in [-0.2, 0) is 6.54 Å². The highest BCUT2D eigenvalue weighted by atomic mass is 16.5. The van der Waals surface area contributed by atoms with Gasteiger partial charge in [0.15, 0.2) is 0 Å². The topological polar surface area (TPSA) is 64.3 Å². The van der Waals surface area contributed by atoms with Gasteiger partial charge in [-0.05, 0) is 12.0 Å². The number of aromatic nitrogens is 2. The number of aromatic carboxylic acids is 1.